The molecular weight excluding hydrogens is 277 g/mol. The molecule has 110 valence electrons. The van der Waals surface area contributed by atoms with Crippen LogP contribution in [0.2, 0.25) is 0 Å². The highest BCUT2D eigenvalue weighted by Crippen LogP contribution is 2.14. The zero-order valence-electron chi connectivity index (χ0n) is 11.6. The van der Waals surface area contributed by atoms with Crippen molar-refractivity contribution in [2.45, 2.75) is 6.54 Å². The van der Waals surface area contributed by atoms with Gasteiger partial charge in [0.15, 0.2) is 0 Å². The third kappa shape index (κ3) is 3.65. The molecule has 0 unspecified atom stereocenters. The standard InChI is InChI=1S/C14H14FN3O3/c1-20-12-5-6-16-14(18-12)17-8-10-7-9(13(19)21-2)3-4-11(10)15/h3-7H,8H2,1-2H3,(H,16,17,18). The Morgan fingerprint density at radius 1 is 1.33 bits per heavy atom. The van der Waals surface area contributed by atoms with E-state index < -0.39 is 11.8 Å². The van der Waals surface area contributed by atoms with Crippen LogP contribution in [0, 0.1) is 5.82 Å². The van der Waals surface area contributed by atoms with E-state index in [-0.39, 0.29) is 12.1 Å². The first-order chi connectivity index (χ1) is 10.1. The summed E-state index contributed by atoms with van der Waals surface area (Å²) in [7, 11) is 2.76. The third-order valence-corrected chi connectivity index (χ3v) is 2.74. The highest BCUT2D eigenvalue weighted by atomic mass is 19.1. The Hall–Kier alpha value is -2.70. The molecule has 0 aliphatic heterocycles. The molecule has 2 rings (SSSR count). The largest absolute Gasteiger partial charge is 0.481 e. The second-order valence-electron chi connectivity index (χ2n) is 4.07. The van der Waals surface area contributed by atoms with Crippen LogP contribution >= 0.6 is 0 Å². The number of hydrogen-bond acceptors (Lipinski definition) is 6. The minimum absolute atomic E-state index is 0.129. The van der Waals surface area contributed by atoms with E-state index in [9.17, 15) is 9.18 Å². The van der Waals surface area contributed by atoms with Gasteiger partial charge in [-0.2, -0.15) is 4.98 Å². The molecule has 0 atom stereocenters. The van der Waals surface area contributed by atoms with Crippen molar-refractivity contribution in [3.05, 3.63) is 47.4 Å². The van der Waals surface area contributed by atoms with E-state index in [0.29, 0.717) is 17.4 Å². The van der Waals surface area contributed by atoms with Gasteiger partial charge in [-0.1, -0.05) is 0 Å². The second kappa shape index (κ2) is 6.65. The van der Waals surface area contributed by atoms with Crippen molar-refractivity contribution >= 4 is 11.9 Å². The summed E-state index contributed by atoms with van der Waals surface area (Å²) >= 11 is 0. The number of ether oxygens (including phenoxy) is 2. The van der Waals surface area contributed by atoms with Gasteiger partial charge in [0.1, 0.15) is 5.82 Å². The number of benzene rings is 1. The normalized spacial score (nSPS) is 10.0. The zero-order chi connectivity index (χ0) is 15.2. The average molecular weight is 291 g/mol. The predicted molar refractivity (Wildman–Crippen MR) is 73.7 cm³/mol. The molecule has 0 radical (unpaired) electrons. The smallest absolute Gasteiger partial charge is 0.337 e. The highest BCUT2D eigenvalue weighted by molar-refractivity contribution is 5.89. The van der Waals surface area contributed by atoms with Gasteiger partial charge in [-0.25, -0.2) is 14.2 Å². The van der Waals surface area contributed by atoms with Crippen LogP contribution in [0.4, 0.5) is 10.3 Å². The molecule has 0 aliphatic rings. The lowest BCUT2D eigenvalue weighted by Crippen LogP contribution is -2.08. The van der Waals surface area contributed by atoms with Crippen molar-refractivity contribution in [2.75, 3.05) is 19.5 Å². The van der Waals surface area contributed by atoms with Crippen molar-refractivity contribution < 1.29 is 18.7 Å². The predicted octanol–water partition coefficient (Wildman–Crippen LogP) is 2.02. The van der Waals surface area contributed by atoms with E-state index in [2.05, 4.69) is 20.0 Å². The Labute approximate surface area is 120 Å². The molecule has 0 saturated carbocycles. The van der Waals surface area contributed by atoms with Crippen molar-refractivity contribution in [1.29, 1.82) is 0 Å². The molecule has 7 heteroatoms. The first-order valence-electron chi connectivity index (χ1n) is 6.11. The summed E-state index contributed by atoms with van der Waals surface area (Å²) < 4.78 is 23.3. The van der Waals surface area contributed by atoms with Crippen LogP contribution in [-0.2, 0) is 11.3 Å². The number of aromatic nitrogens is 2. The number of esters is 1. The Morgan fingerprint density at radius 2 is 2.14 bits per heavy atom. The molecule has 0 aliphatic carbocycles. The zero-order valence-corrected chi connectivity index (χ0v) is 11.6. The fraction of sp³-hybridized carbons (Fsp3) is 0.214. The van der Waals surface area contributed by atoms with E-state index >= 15 is 0 Å². The van der Waals surface area contributed by atoms with E-state index in [1.807, 2.05) is 0 Å². The molecule has 1 N–H and O–H groups in total. The molecule has 2 aromatic rings. The molecule has 0 amide bonds. The minimum Gasteiger partial charge on any atom is -0.481 e. The van der Waals surface area contributed by atoms with Crippen LogP contribution in [0.15, 0.2) is 30.5 Å². The summed E-state index contributed by atoms with van der Waals surface area (Å²) in [5.74, 6) is -0.250. The number of nitrogens with zero attached hydrogens (tertiary/aromatic N) is 2. The SMILES string of the molecule is COC(=O)c1ccc(F)c(CNc2nccc(OC)n2)c1. The number of carbonyl (C=O) groups excluding carboxylic acids is 1. The maximum atomic E-state index is 13.7. The molecule has 1 heterocycles. The number of anilines is 1. The number of methoxy groups -OCH3 is 2. The Kier molecular flexibility index (Phi) is 4.65. The Morgan fingerprint density at radius 3 is 2.86 bits per heavy atom. The lowest BCUT2D eigenvalue weighted by molar-refractivity contribution is 0.0600. The van der Waals surface area contributed by atoms with E-state index in [0.717, 1.165) is 0 Å². The van der Waals surface area contributed by atoms with Gasteiger partial charge >= 0.3 is 5.97 Å². The van der Waals surface area contributed by atoms with Crippen LogP contribution in [0.25, 0.3) is 0 Å². The van der Waals surface area contributed by atoms with Crippen LogP contribution in [-0.4, -0.2) is 30.2 Å². The molecule has 1 aromatic carbocycles. The molecule has 21 heavy (non-hydrogen) atoms. The van der Waals surface area contributed by atoms with Crippen LogP contribution in [0.1, 0.15) is 15.9 Å². The van der Waals surface area contributed by atoms with Gasteiger partial charge in [-0.3, -0.25) is 0 Å². The van der Waals surface area contributed by atoms with Crippen molar-refractivity contribution in [2.24, 2.45) is 0 Å². The molecule has 0 fully saturated rings. The maximum absolute atomic E-state index is 13.7. The lowest BCUT2D eigenvalue weighted by Gasteiger charge is -2.08. The minimum atomic E-state index is -0.520. The average Bonchev–Trinajstić information content (AvgIpc) is 2.53. The number of carbonyl (C=O) groups is 1. The first kappa shape index (κ1) is 14.7. The van der Waals surface area contributed by atoms with Gasteiger partial charge < -0.3 is 14.8 Å². The molecular formula is C14H14FN3O3. The highest BCUT2D eigenvalue weighted by Gasteiger charge is 2.10. The van der Waals surface area contributed by atoms with Crippen molar-refractivity contribution in [1.82, 2.24) is 9.97 Å². The monoisotopic (exact) mass is 291 g/mol. The molecule has 0 saturated heterocycles. The maximum Gasteiger partial charge on any atom is 0.337 e. The summed E-state index contributed by atoms with van der Waals surface area (Å²) in [6.07, 6.45) is 1.52. The number of rotatable bonds is 5. The summed E-state index contributed by atoms with van der Waals surface area (Å²) in [4.78, 5) is 19.5. The van der Waals surface area contributed by atoms with Gasteiger partial charge in [0.25, 0.3) is 0 Å². The molecule has 0 spiro atoms. The lowest BCUT2D eigenvalue weighted by atomic mass is 10.1. The third-order valence-electron chi connectivity index (χ3n) is 2.74. The van der Waals surface area contributed by atoms with Gasteiger partial charge in [0.2, 0.25) is 11.8 Å². The van der Waals surface area contributed by atoms with Gasteiger partial charge in [-0.15, -0.1) is 0 Å². The fourth-order valence-corrected chi connectivity index (χ4v) is 1.67. The fourth-order valence-electron chi connectivity index (χ4n) is 1.67. The quantitative estimate of drug-likeness (QED) is 0.850. The number of hydrogen-bond donors (Lipinski definition) is 1. The van der Waals surface area contributed by atoms with Gasteiger partial charge in [-0.05, 0) is 18.2 Å². The van der Waals surface area contributed by atoms with Crippen LogP contribution in [0.3, 0.4) is 0 Å². The summed E-state index contributed by atoms with van der Waals surface area (Å²) in [5.41, 5.74) is 0.589. The summed E-state index contributed by atoms with van der Waals surface area (Å²) in [6.45, 7) is 0.129. The Balaban J connectivity index is 2.13. The molecule has 0 bridgehead atoms. The van der Waals surface area contributed by atoms with E-state index in [4.69, 9.17) is 4.74 Å². The molecule has 1 aromatic heterocycles. The van der Waals surface area contributed by atoms with Gasteiger partial charge in [0.05, 0.1) is 19.8 Å². The molecule has 6 nitrogen and oxygen atoms in total. The van der Waals surface area contributed by atoms with Crippen molar-refractivity contribution in [3.63, 3.8) is 0 Å². The van der Waals surface area contributed by atoms with Gasteiger partial charge in [0, 0.05) is 24.4 Å². The number of nitrogens with one attached hydrogen (secondary N) is 1. The van der Waals surface area contributed by atoms with Crippen LogP contribution in [0.5, 0.6) is 5.88 Å². The van der Waals surface area contributed by atoms with Crippen LogP contribution < -0.4 is 10.1 Å². The van der Waals surface area contributed by atoms with E-state index in [1.165, 1.54) is 38.6 Å². The second-order valence-corrected chi connectivity index (χ2v) is 4.07. The topological polar surface area (TPSA) is 73.3 Å². The number of halogens is 1. The Bertz CT molecular complexity index is 649. The first-order valence-corrected chi connectivity index (χ1v) is 6.11. The summed E-state index contributed by atoms with van der Waals surface area (Å²) in [5, 5.41) is 2.87. The van der Waals surface area contributed by atoms with Crippen molar-refractivity contribution in [3.8, 4) is 5.88 Å². The summed E-state index contributed by atoms with van der Waals surface area (Å²) in [6, 6.07) is 5.61. The van der Waals surface area contributed by atoms with E-state index in [1.54, 1.807) is 6.07 Å².